The molecule has 20 heavy (non-hydrogen) atoms. The predicted molar refractivity (Wildman–Crippen MR) is 86.2 cm³/mol. The van der Waals surface area contributed by atoms with Gasteiger partial charge in [0.25, 0.3) is 0 Å². The first-order valence-electron chi connectivity index (χ1n) is 7.32. The van der Waals surface area contributed by atoms with Crippen LogP contribution in [0.25, 0.3) is 6.08 Å². The van der Waals surface area contributed by atoms with Gasteiger partial charge in [0.1, 0.15) is 0 Å². The molecule has 1 unspecified atom stereocenters. The van der Waals surface area contributed by atoms with Crippen molar-refractivity contribution in [2.45, 2.75) is 39.2 Å². The Morgan fingerprint density at radius 2 is 1.70 bits per heavy atom. The molecule has 1 atom stereocenters. The van der Waals surface area contributed by atoms with E-state index >= 15 is 0 Å². The molecule has 0 saturated carbocycles. The van der Waals surface area contributed by atoms with Crippen LogP contribution in [-0.2, 0) is 13.9 Å². The Morgan fingerprint density at radius 1 is 1.10 bits per heavy atom. The minimum absolute atomic E-state index is 0.129. The number of hydrogen-bond donors (Lipinski definition) is 0. The smallest absolute Gasteiger partial charge is 0.224 e. The number of ether oxygens (including phenoxy) is 2. The number of hydrogen-bond acceptors (Lipinski definition) is 3. The standard InChI is InChI=1S/C16H26O3Si/c1-5-13-9-11-14(12-10-13)15(6-2)19-20-16(17-7-3)18-8-4/h5,9-12,15-16H,1,6-8,20H2,2-4H3. The molecule has 0 radical (unpaired) electrons. The Bertz CT molecular complexity index is 372. The lowest BCUT2D eigenvalue weighted by Gasteiger charge is -2.21. The highest BCUT2D eigenvalue weighted by Gasteiger charge is 2.15. The zero-order valence-electron chi connectivity index (χ0n) is 12.8. The minimum atomic E-state index is -0.878. The third kappa shape index (κ3) is 5.59. The molecule has 0 bridgehead atoms. The van der Waals surface area contributed by atoms with Crippen LogP contribution in [0, 0.1) is 0 Å². The summed E-state index contributed by atoms with van der Waals surface area (Å²) in [6.45, 7) is 11.2. The van der Waals surface area contributed by atoms with Gasteiger partial charge in [-0.2, -0.15) is 0 Å². The third-order valence-corrected chi connectivity index (χ3v) is 4.39. The molecule has 0 aliphatic heterocycles. The van der Waals surface area contributed by atoms with Gasteiger partial charge in [-0.3, -0.25) is 0 Å². The first-order valence-corrected chi connectivity index (χ1v) is 8.71. The van der Waals surface area contributed by atoms with E-state index in [1.165, 1.54) is 5.56 Å². The van der Waals surface area contributed by atoms with Gasteiger partial charge in [-0.25, -0.2) is 0 Å². The van der Waals surface area contributed by atoms with Crippen molar-refractivity contribution in [1.82, 2.24) is 0 Å². The summed E-state index contributed by atoms with van der Waals surface area (Å²) in [5.41, 5.74) is 2.33. The van der Waals surface area contributed by atoms with Crippen molar-refractivity contribution in [1.29, 1.82) is 0 Å². The molecule has 3 nitrogen and oxygen atoms in total. The van der Waals surface area contributed by atoms with E-state index in [0.29, 0.717) is 13.2 Å². The molecule has 0 saturated heterocycles. The van der Waals surface area contributed by atoms with E-state index < -0.39 is 9.76 Å². The summed E-state index contributed by atoms with van der Waals surface area (Å²) in [6.07, 6.45) is 2.93. The van der Waals surface area contributed by atoms with Crippen LogP contribution in [0.4, 0.5) is 0 Å². The van der Waals surface area contributed by atoms with Crippen molar-refractivity contribution in [3.63, 3.8) is 0 Å². The molecule has 0 heterocycles. The van der Waals surface area contributed by atoms with E-state index in [4.69, 9.17) is 13.9 Å². The zero-order valence-corrected chi connectivity index (χ0v) is 14.2. The molecule has 0 aliphatic rings. The molecule has 0 amide bonds. The average molecular weight is 294 g/mol. The molecule has 0 fully saturated rings. The second kappa shape index (κ2) is 9.88. The third-order valence-electron chi connectivity index (χ3n) is 3.05. The van der Waals surface area contributed by atoms with Gasteiger partial charge in [0, 0.05) is 13.2 Å². The Labute approximate surface area is 124 Å². The summed E-state index contributed by atoms with van der Waals surface area (Å²) >= 11 is 0. The van der Waals surface area contributed by atoms with Crippen molar-refractivity contribution in [3.05, 3.63) is 42.0 Å². The summed E-state index contributed by atoms with van der Waals surface area (Å²) in [4.78, 5) is 0. The summed E-state index contributed by atoms with van der Waals surface area (Å²) in [6, 6.07) is 8.35. The molecule has 1 aromatic carbocycles. The van der Waals surface area contributed by atoms with Crippen LogP contribution in [0.5, 0.6) is 0 Å². The van der Waals surface area contributed by atoms with E-state index in [9.17, 15) is 0 Å². The van der Waals surface area contributed by atoms with Gasteiger partial charge >= 0.3 is 0 Å². The van der Waals surface area contributed by atoms with Gasteiger partial charge < -0.3 is 13.9 Å². The maximum absolute atomic E-state index is 6.08. The Morgan fingerprint density at radius 3 is 2.15 bits per heavy atom. The highest BCUT2D eigenvalue weighted by molar-refractivity contribution is 6.28. The van der Waals surface area contributed by atoms with Gasteiger partial charge in [-0.15, -0.1) is 0 Å². The minimum Gasteiger partial charge on any atom is -0.411 e. The zero-order chi connectivity index (χ0) is 14.8. The Kier molecular flexibility index (Phi) is 8.45. The monoisotopic (exact) mass is 294 g/mol. The fourth-order valence-electron chi connectivity index (χ4n) is 2.01. The lowest BCUT2D eigenvalue weighted by atomic mass is 10.1. The topological polar surface area (TPSA) is 27.7 Å². The van der Waals surface area contributed by atoms with Crippen LogP contribution >= 0.6 is 0 Å². The second-order valence-corrected chi connectivity index (χ2v) is 5.77. The first kappa shape index (κ1) is 17.1. The Balaban J connectivity index is 2.58. The van der Waals surface area contributed by atoms with Gasteiger partial charge in [0.2, 0.25) is 9.76 Å². The van der Waals surface area contributed by atoms with Crippen LogP contribution < -0.4 is 0 Å². The van der Waals surface area contributed by atoms with E-state index in [2.05, 4.69) is 37.8 Å². The fourth-order valence-corrected chi connectivity index (χ4v) is 3.49. The summed E-state index contributed by atoms with van der Waals surface area (Å²) in [5, 5.41) is 0. The van der Waals surface area contributed by atoms with E-state index in [-0.39, 0.29) is 12.0 Å². The van der Waals surface area contributed by atoms with E-state index in [1.807, 2.05) is 19.9 Å². The van der Waals surface area contributed by atoms with Crippen LogP contribution in [0.2, 0.25) is 0 Å². The molecule has 0 aliphatic carbocycles. The van der Waals surface area contributed by atoms with Crippen LogP contribution in [0.15, 0.2) is 30.8 Å². The predicted octanol–water partition coefficient (Wildman–Crippen LogP) is 3.24. The largest absolute Gasteiger partial charge is 0.411 e. The quantitative estimate of drug-likeness (QED) is 0.490. The van der Waals surface area contributed by atoms with Crippen molar-refractivity contribution in [3.8, 4) is 0 Å². The van der Waals surface area contributed by atoms with Gasteiger partial charge in [-0.05, 0) is 31.4 Å². The molecule has 4 heteroatoms. The van der Waals surface area contributed by atoms with Crippen molar-refractivity contribution < 1.29 is 13.9 Å². The van der Waals surface area contributed by atoms with Gasteiger partial charge in [0.05, 0.1) is 6.10 Å². The van der Waals surface area contributed by atoms with Gasteiger partial charge in [-0.1, -0.05) is 43.8 Å². The summed E-state index contributed by atoms with van der Waals surface area (Å²) < 4.78 is 17.2. The highest BCUT2D eigenvalue weighted by Crippen LogP contribution is 2.21. The molecule has 1 aromatic rings. The first-order chi connectivity index (χ1) is 9.74. The van der Waals surface area contributed by atoms with E-state index in [0.717, 1.165) is 12.0 Å². The molecule has 112 valence electrons. The average Bonchev–Trinajstić information content (AvgIpc) is 2.49. The Hall–Kier alpha value is -0.943. The number of rotatable bonds is 10. The maximum Gasteiger partial charge on any atom is 0.224 e. The van der Waals surface area contributed by atoms with Crippen LogP contribution in [0.1, 0.15) is 44.4 Å². The SMILES string of the molecule is C=Cc1ccc(C(CC)O[SiH2]C(OCC)OCC)cc1. The second-order valence-electron chi connectivity index (χ2n) is 4.44. The normalized spacial score (nSPS) is 13.2. The summed E-state index contributed by atoms with van der Waals surface area (Å²) in [5.74, 6) is -0.147. The van der Waals surface area contributed by atoms with E-state index in [1.54, 1.807) is 0 Å². The molecule has 1 rings (SSSR count). The highest BCUT2D eigenvalue weighted by atomic mass is 28.2. The molecular weight excluding hydrogens is 268 g/mol. The molecule has 0 spiro atoms. The number of benzene rings is 1. The van der Waals surface area contributed by atoms with Crippen LogP contribution in [0.3, 0.4) is 0 Å². The molecule has 0 aromatic heterocycles. The lowest BCUT2D eigenvalue weighted by Crippen LogP contribution is -2.28. The molecular formula is C16H26O3Si. The van der Waals surface area contributed by atoms with Crippen molar-refractivity contribution in [2.75, 3.05) is 13.2 Å². The lowest BCUT2D eigenvalue weighted by molar-refractivity contribution is -0.0920. The maximum atomic E-state index is 6.08. The van der Waals surface area contributed by atoms with Crippen molar-refractivity contribution in [2.24, 2.45) is 0 Å². The van der Waals surface area contributed by atoms with Gasteiger partial charge in [0.15, 0.2) is 5.91 Å². The molecule has 0 N–H and O–H groups in total. The van der Waals surface area contributed by atoms with Crippen LogP contribution in [-0.4, -0.2) is 28.9 Å². The summed E-state index contributed by atoms with van der Waals surface area (Å²) in [7, 11) is -0.878. The van der Waals surface area contributed by atoms with Crippen molar-refractivity contribution >= 4 is 15.8 Å². The fraction of sp³-hybridized carbons (Fsp3) is 0.500.